The Labute approximate surface area is 116 Å². The van der Waals surface area contributed by atoms with Gasteiger partial charge in [-0.1, -0.05) is 56.3 Å². The van der Waals surface area contributed by atoms with E-state index in [4.69, 9.17) is 0 Å². The molecule has 0 radical (unpaired) electrons. The summed E-state index contributed by atoms with van der Waals surface area (Å²) in [6.45, 7) is 6.60. The lowest BCUT2D eigenvalue weighted by atomic mass is 10.0. The number of aryl methyl sites for hydroxylation is 2. The van der Waals surface area contributed by atoms with Crippen LogP contribution in [0.15, 0.2) is 48.5 Å². The average molecular weight is 253 g/mol. The molecular formula is C18H23N. The Kier molecular flexibility index (Phi) is 4.62. The first kappa shape index (κ1) is 13.7. The quantitative estimate of drug-likeness (QED) is 0.792. The summed E-state index contributed by atoms with van der Waals surface area (Å²) < 4.78 is 0. The number of rotatable bonds is 5. The number of hydrogen-bond acceptors (Lipinski definition) is 1. The number of anilines is 1. The standard InChI is InChI=1S/C18H23N/c1-4-15-10-12-17(13-11-15)14(3)19-18-9-7-6-8-16(18)5-2/h6-14,19H,4-5H2,1-3H3. The highest BCUT2D eigenvalue weighted by molar-refractivity contribution is 5.52. The molecule has 1 heteroatoms. The lowest BCUT2D eigenvalue weighted by Gasteiger charge is -2.18. The monoisotopic (exact) mass is 253 g/mol. The van der Waals surface area contributed by atoms with Crippen LogP contribution in [0, 0.1) is 0 Å². The normalized spacial score (nSPS) is 12.2. The fraction of sp³-hybridized carbons (Fsp3) is 0.333. The summed E-state index contributed by atoms with van der Waals surface area (Å²) in [6.07, 6.45) is 2.16. The molecule has 1 N–H and O–H groups in total. The summed E-state index contributed by atoms with van der Waals surface area (Å²) in [7, 11) is 0. The molecule has 0 saturated heterocycles. The third-order valence-electron chi connectivity index (χ3n) is 3.66. The van der Waals surface area contributed by atoms with Gasteiger partial charge in [-0.3, -0.25) is 0 Å². The molecule has 0 aliphatic carbocycles. The summed E-state index contributed by atoms with van der Waals surface area (Å²) >= 11 is 0. The maximum atomic E-state index is 3.62. The number of benzene rings is 2. The van der Waals surface area contributed by atoms with Crippen molar-refractivity contribution in [3.63, 3.8) is 0 Å². The topological polar surface area (TPSA) is 12.0 Å². The molecule has 1 atom stereocenters. The second kappa shape index (κ2) is 6.42. The van der Waals surface area contributed by atoms with Crippen molar-refractivity contribution in [2.75, 3.05) is 5.32 Å². The van der Waals surface area contributed by atoms with Crippen molar-refractivity contribution in [3.05, 3.63) is 65.2 Å². The van der Waals surface area contributed by atoms with Crippen LogP contribution in [0.3, 0.4) is 0 Å². The maximum absolute atomic E-state index is 3.62. The maximum Gasteiger partial charge on any atom is 0.0485 e. The highest BCUT2D eigenvalue weighted by Crippen LogP contribution is 2.23. The molecule has 0 aliphatic heterocycles. The van der Waals surface area contributed by atoms with E-state index in [9.17, 15) is 0 Å². The Morgan fingerprint density at radius 2 is 1.58 bits per heavy atom. The Hall–Kier alpha value is -1.76. The zero-order valence-corrected chi connectivity index (χ0v) is 12.1. The fourth-order valence-corrected chi connectivity index (χ4v) is 2.33. The first-order chi connectivity index (χ1) is 9.24. The molecule has 1 unspecified atom stereocenters. The van der Waals surface area contributed by atoms with Gasteiger partial charge in [0.25, 0.3) is 0 Å². The van der Waals surface area contributed by atoms with Gasteiger partial charge in [0.15, 0.2) is 0 Å². The van der Waals surface area contributed by atoms with Gasteiger partial charge in [-0.25, -0.2) is 0 Å². The second-order valence-electron chi connectivity index (χ2n) is 4.97. The molecule has 0 saturated carbocycles. The van der Waals surface area contributed by atoms with Crippen molar-refractivity contribution >= 4 is 5.69 Å². The van der Waals surface area contributed by atoms with E-state index in [1.54, 1.807) is 0 Å². The average Bonchev–Trinajstić information content (AvgIpc) is 2.48. The van der Waals surface area contributed by atoms with E-state index in [0.717, 1.165) is 12.8 Å². The van der Waals surface area contributed by atoms with E-state index >= 15 is 0 Å². The van der Waals surface area contributed by atoms with Crippen LogP contribution in [0.25, 0.3) is 0 Å². The number of para-hydroxylation sites is 1. The summed E-state index contributed by atoms with van der Waals surface area (Å²) in [5.74, 6) is 0. The molecule has 0 amide bonds. The van der Waals surface area contributed by atoms with Gasteiger partial charge in [0.05, 0.1) is 0 Å². The zero-order valence-electron chi connectivity index (χ0n) is 12.1. The SMILES string of the molecule is CCc1ccc(C(C)Nc2ccccc2CC)cc1. The van der Waals surface area contributed by atoms with Crippen molar-refractivity contribution in [1.29, 1.82) is 0 Å². The molecule has 2 rings (SSSR count). The summed E-state index contributed by atoms with van der Waals surface area (Å²) in [5.41, 5.74) is 5.35. The van der Waals surface area contributed by atoms with Gasteiger partial charge < -0.3 is 5.32 Å². The third-order valence-corrected chi connectivity index (χ3v) is 3.66. The Bertz CT molecular complexity index is 513. The molecule has 19 heavy (non-hydrogen) atoms. The lowest BCUT2D eigenvalue weighted by Crippen LogP contribution is -2.08. The molecule has 100 valence electrons. The Balaban J connectivity index is 2.13. The van der Waals surface area contributed by atoms with Gasteiger partial charge >= 0.3 is 0 Å². The lowest BCUT2D eigenvalue weighted by molar-refractivity contribution is 0.877. The fourth-order valence-electron chi connectivity index (χ4n) is 2.33. The van der Waals surface area contributed by atoms with E-state index in [0.29, 0.717) is 6.04 Å². The molecule has 0 fully saturated rings. The van der Waals surface area contributed by atoms with Crippen LogP contribution >= 0.6 is 0 Å². The van der Waals surface area contributed by atoms with Crippen molar-refractivity contribution in [3.8, 4) is 0 Å². The minimum absolute atomic E-state index is 0.332. The Morgan fingerprint density at radius 3 is 2.21 bits per heavy atom. The predicted molar refractivity (Wildman–Crippen MR) is 83.7 cm³/mol. The first-order valence-corrected chi connectivity index (χ1v) is 7.17. The van der Waals surface area contributed by atoms with Gasteiger partial charge in [-0.15, -0.1) is 0 Å². The van der Waals surface area contributed by atoms with Gasteiger partial charge in [0.1, 0.15) is 0 Å². The van der Waals surface area contributed by atoms with Crippen LogP contribution in [0.5, 0.6) is 0 Å². The van der Waals surface area contributed by atoms with Crippen molar-refractivity contribution < 1.29 is 0 Å². The molecular weight excluding hydrogens is 230 g/mol. The predicted octanol–water partition coefficient (Wildman–Crippen LogP) is 4.98. The molecule has 0 aliphatic rings. The van der Waals surface area contributed by atoms with Gasteiger partial charge in [0, 0.05) is 11.7 Å². The van der Waals surface area contributed by atoms with E-state index in [2.05, 4.69) is 74.6 Å². The highest BCUT2D eigenvalue weighted by atomic mass is 14.9. The minimum atomic E-state index is 0.332. The molecule has 2 aromatic rings. The van der Waals surface area contributed by atoms with Crippen LogP contribution in [0.1, 0.15) is 43.5 Å². The zero-order chi connectivity index (χ0) is 13.7. The molecule has 0 heterocycles. The van der Waals surface area contributed by atoms with E-state index in [1.165, 1.54) is 22.4 Å². The molecule has 2 aromatic carbocycles. The van der Waals surface area contributed by atoms with Gasteiger partial charge in [-0.05, 0) is 42.5 Å². The first-order valence-electron chi connectivity index (χ1n) is 7.17. The van der Waals surface area contributed by atoms with Gasteiger partial charge in [-0.2, -0.15) is 0 Å². The summed E-state index contributed by atoms with van der Waals surface area (Å²) in [6, 6.07) is 17.8. The number of hydrogen-bond donors (Lipinski definition) is 1. The summed E-state index contributed by atoms with van der Waals surface area (Å²) in [4.78, 5) is 0. The highest BCUT2D eigenvalue weighted by Gasteiger charge is 2.07. The van der Waals surface area contributed by atoms with Crippen LogP contribution in [0.2, 0.25) is 0 Å². The molecule has 0 bridgehead atoms. The second-order valence-corrected chi connectivity index (χ2v) is 4.97. The molecule has 1 nitrogen and oxygen atoms in total. The number of nitrogens with one attached hydrogen (secondary N) is 1. The molecule has 0 spiro atoms. The minimum Gasteiger partial charge on any atom is -0.378 e. The Morgan fingerprint density at radius 1 is 0.895 bits per heavy atom. The van der Waals surface area contributed by atoms with Crippen LogP contribution < -0.4 is 5.32 Å². The van der Waals surface area contributed by atoms with Crippen LogP contribution in [0.4, 0.5) is 5.69 Å². The van der Waals surface area contributed by atoms with Crippen LogP contribution in [-0.4, -0.2) is 0 Å². The van der Waals surface area contributed by atoms with E-state index in [-0.39, 0.29) is 0 Å². The largest absolute Gasteiger partial charge is 0.378 e. The molecule has 0 aromatic heterocycles. The third kappa shape index (κ3) is 3.37. The van der Waals surface area contributed by atoms with Crippen molar-refractivity contribution in [2.45, 2.75) is 39.7 Å². The van der Waals surface area contributed by atoms with Crippen molar-refractivity contribution in [1.82, 2.24) is 0 Å². The van der Waals surface area contributed by atoms with E-state index in [1.807, 2.05) is 0 Å². The van der Waals surface area contributed by atoms with Crippen molar-refractivity contribution in [2.24, 2.45) is 0 Å². The van der Waals surface area contributed by atoms with E-state index < -0.39 is 0 Å². The summed E-state index contributed by atoms with van der Waals surface area (Å²) in [5, 5.41) is 3.62. The van der Waals surface area contributed by atoms with Crippen LogP contribution in [-0.2, 0) is 12.8 Å². The smallest absolute Gasteiger partial charge is 0.0485 e. The van der Waals surface area contributed by atoms with Gasteiger partial charge in [0.2, 0.25) is 0 Å².